The van der Waals surface area contributed by atoms with Crippen molar-refractivity contribution in [3.63, 3.8) is 0 Å². The molecule has 0 aromatic carbocycles. The van der Waals surface area contributed by atoms with Gasteiger partial charge in [0.2, 0.25) is 10.0 Å². The fourth-order valence-electron chi connectivity index (χ4n) is 1.57. The highest BCUT2D eigenvalue weighted by atomic mass is 127. The van der Waals surface area contributed by atoms with E-state index in [0.29, 0.717) is 13.1 Å². The van der Waals surface area contributed by atoms with Gasteiger partial charge >= 0.3 is 0 Å². The predicted molar refractivity (Wildman–Crippen MR) is 101 cm³/mol. The quantitative estimate of drug-likeness (QED) is 0.237. The Morgan fingerprint density at radius 3 is 2.33 bits per heavy atom. The number of nitrogens with one attached hydrogen (secondary N) is 2. The number of rotatable bonds is 10. The van der Waals surface area contributed by atoms with E-state index in [9.17, 15) is 8.42 Å². The van der Waals surface area contributed by atoms with Crippen molar-refractivity contribution >= 4 is 40.0 Å². The molecule has 0 spiro atoms. The van der Waals surface area contributed by atoms with Crippen LogP contribution in [0.1, 0.15) is 40.0 Å². The van der Waals surface area contributed by atoms with Gasteiger partial charge in [0.1, 0.15) is 0 Å². The molecule has 2 N–H and O–H groups in total. The summed E-state index contributed by atoms with van der Waals surface area (Å²) in [5.41, 5.74) is 0. The minimum Gasteiger partial charge on any atom is -0.357 e. The van der Waals surface area contributed by atoms with Crippen molar-refractivity contribution in [3.8, 4) is 0 Å². The summed E-state index contributed by atoms with van der Waals surface area (Å²) < 4.78 is 24.5. The molecule has 0 aliphatic rings. The van der Waals surface area contributed by atoms with Gasteiger partial charge in [0.25, 0.3) is 0 Å². The molecule has 0 saturated carbocycles. The number of nitrogens with zero attached hydrogens (tertiary/aromatic N) is 2. The Kier molecular flexibility index (Phi) is 15.0. The highest BCUT2D eigenvalue weighted by Crippen LogP contribution is 1.98. The van der Waals surface area contributed by atoms with E-state index in [0.717, 1.165) is 38.3 Å². The van der Waals surface area contributed by atoms with Crippen LogP contribution in [0.15, 0.2) is 4.99 Å². The van der Waals surface area contributed by atoms with E-state index < -0.39 is 10.0 Å². The van der Waals surface area contributed by atoms with Gasteiger partial charge in [0, 0.05) is 33.2 Å². The van der Waals surface area contributed by atoms with E-state index in [4.69, 9.17) is 0 Å². The fraction of sp³-hybridized carbons (Fsp3) is 0.923. The summed E-state index contributed by atoms with van der Waals surface area (Å²) in [4.78, 5) is 4.44. The molecule has 6 nitrogen and oxygen atoms in total. The maximum absolute atomic E-state index is 11.6. The van der Waals surface area contributed by atoms with Gasteiger partial charge in [0.15, 0.2) is 5.96 Å². The van der Waals surface area contributed by atoms with Gasteiger partial charge in [-0.05, 0) is 26.7 Å². The van der Waals surface area contributed by atoms with Gasteiger partial charge in [0.05, 0.1) is 5.75 Å². The molecular formula is C13H31IN4O2S. The topological polar surface area (TPSA) is 73.8 Å². The molecule has 0 bridgehead atoms. The lowest BCUT2D eigenvalue weighted by Crippen LogP contribution is -2.38. The number of guanidine groups is 1. The third-order valence-corrected chi connectivity index (χ3v) is 4.77. The summed E-state index contributed by atoms with van der Waals surface area (Å²) in [6, 6.07) is 0. The van der Waals surface area contributed by atoms with Crippen LogP contribution in [0.5, 0.6) is 0 Å². The normalized spacial score (nSPS) is 12.1. The van der Waals surface area contributed by atoms with Crippen LogP contribution in [-0.4, -0.2) is 57.7 Å². The summed E-state index contributed by atoms with van der Waals surface area (Å²) >= 11 is 0. The molecule has 21 heavy (non-hydrogen) atoms. The van der Waals surface area contributed by atoms with E-state index in [1.54, 1.807) is 14.0 Å². The maximum atomic E-state index is 11.6. The molecule has 0 saturated heterocycles. The number of aliphatic imine (C=N–C) groups is 1. The molecule has 0 aromatic rings. The molecular weight excluding hydrogens is 403 g/mol. The lowest BCUT2D eigenvalue weighted by molar-refractivity contribution is 0.464. The van der Waals surface area contributed by atoms with Crippen LogP contribution in [0.3, 0.4) is 0 Å². The Hall–Kier alpha value is -0.0900. The van der Waals surface area contributed by atoms with Crippen molar-refractivity contribution in [1.82, 2.24) is 14.9 Å². The summed E-state index contributed by atoms with van der Waals surface area (Å²) in [6.07, 6.45) is 2.98. The van der Waals surface area contributed by atoms with Crippen LogP contribution < -0.4 is 10.6 Å². The average molecular weight is 434 g/mol. The molecule has 0 aromatic heterocycles. The minimum atomic E-state index is -3.07. The first-order valence-corrected chi connectivity index (χ1v) is 9.05. The highest BCUT2D eigenvalue weighted by molar-refractivity contribution is 14.0. The van der Waals surface area contributed by atoms with E-state index in [2.05, 4.69) is 22.5 Å². The third-order valence-electron chi connectivity index (χ3n) is 2.91. The molecule has 0 unspecified atom stereocenters. The van der Waals surface area contributed by atoms with Crippen molar-refractivity contribution in [2.24, 2.45) is 4.99 Å². The first-order chi connectivity index (χ1) is 9.47. The van der Waals surface area contributed by atoms with Crippen LogP contribution in [0.4, 0.5) is 0 Å². The minimum absolute atomic E-state index is 0. The van der Waals surface area contributed by atoms with Crippen molar-refractivity contribution in [2.75, 3.05) is 39.0 Å². The van der Waals surface area contributed by atoms with Crippen molar-refractivity contribution in [3.05, 3.63) is 0 Å². The van der Waals surface area contributed by atoms with Gasteiger partial charge in [-0.1, -0.05) is 13.3 Å². The second-order valence-electron chi connectivity index (χ2n) is 4.62. The monoisotopic (exact) mass is 434 g/mol. The molecule has 128 valence electrons. The van der Waals surface area contributed by atoms with Gasteiger partial charge in [-0.15, -0.1) is 24.0 Å². The first-order valence-electron chi connectivity index (χ1n) is 7.44. The Balaban J connectivity index is 0. The fourth-order valence-corrected chi connectivity index (χ4v) is 2.42. The molecule has 0 rings (SSSR count). The Bertz CT molecular complexity index is 374. The number of halogens is 1. The predicted octanol–water partition coefficient (Wildman–Crippen LogP) is 1.63. The second kappa shape index (κ2) is 13.6. The van der Waals surface area contributed by atoms with Crippen molar-refractivity contribution in [2.45, 2.75) is 40.0 Å². The molecule has 0 aliphatic carbocycles. The smallest absolute Gasteiger partial charge is 0.213 e. The van der Waals surface area contributed by atoms with Crippen molar-refractivity contribution in [1.29, 1.82) is 0 Å². The lowest BCUT2D eigenvalue weighted by Gasteiger charge is -2.15. The van der Waals surface area contributed by atoms with E-state index >= 15 is 0 Å². The van der Waals surface area contributed by atoms with Gasteiger partial charge in [-0.25, -0.2) is 12.7 Å². The molecule has 0 amide bonds. The van der Waals surface area contributed by atoms with E-state index in [1.807, 2.05) is 6.92 Å². The van der Waals surface area contributed by atoms with Crippen LogP contribution in [0, 0.1) is 0 Å². The molecule has 0 atom stereocenters. The van der Waals surface area contributed by atoms with E-state index in [-0.39, 0.29) is 29.7 Å². The molecule has 0 radical (unpaired) electrons. The summed E-state index contributed by atoms with van der Waals surface area (Å²) in [5, 5.41) is 6.44. The van der Waals surface area contributed by atoms with Crippen molar-refractivity contribution < 1.29 is 8.42 Å². The standard InChI is InChI=1S/C13H30N4O2S.HI/c1-5-8-10-15-13(14-6-2)16-11-9-12-17(4)20(18,19)7-3;/h5-12H2,1-4H3,(H2,14,15,16);1H. The van der Waals surface area contributed by atoms with Crippen LogP contribution >= 0.6 is 24.0 Å². The van der Waals surface area contributed by atoms with Crippen LogP contribution in [0.25, 0.3) is 0 Å². The van der Waals surface area contributed by atoms with Crippen LogP contribution in [0.2, 0.25) is 0 Å². The zero-order valence-corrected chi connectivity index (χ0v) is 16.8. The number of sulfonamides is 1. The molecule has 0 fully saturated rings. The Morgan fingerprint density at radius 2 is 1.81 bits per heavy atom. The lowest BCUT2D eigenvalue weighted by atomic mass is 10.3. The second-order valence-corrected chi connectivity index (χ2v) is 6.98. The van der Waals surface area contributed by atoms with Gasteiger partial charge in [-0.2, -0.15) is 0 Å². The first kappa shape index (κ1) is 23.2. The maximum Gasteiger partial charge on any atom is 0.213 e. The average Bonchev–Trinajstić information content (AvgIpc) is 2.43. The Morgan fingerprint density at radius 1 is 1.14 bits per heavy atom. The summed E-state index contributed by atoms with van der Waals surface area (Å²) in [6.45, 7) is 8.69. The zero-order valence-electron chi connectivity index (χ0n) is 13.7. The molecule has 0 heterocycles. The third kappa shape index (κ3) is 11.2. The van der Waals surface area contributed by atoms with Crippen LogP contribution in [-0.2, 0) is 10.0 Å². The zero-order chi connectivity index (χ0) is 15.4. The van der Waals surface area contributed by atoms with Gasteiger partial charge < -0.3 is 10.6 Å². The van der Waals surface area contributed by atoms with E-state index in [1.165, 1.54) is 4.31 Å². The van der Waals surface area contributed by atoms with Gasteiger partial charge in [-0.3, -0.25) is 4.99 Å². The molecule has 0 aliphatic heterocycles. The summed E-state index contributed by atoms with van der Waals surface area (Å²) in [5.74, 6) is 0.954. The SMILES string of the molecule is CCCCNC(=NCCCN(C)S(=O)(=O)CC)NCC.I. The number of unbranched alkanes of at least 4 members (excludes halogenated alkanes) is 1. The largest absolute Gasteiger partial charge is 0.357 e. The number of hydrogen-bond donors (Lipinski definition) is 2. The number of hydrogen-bond acceptors (Lipinski definition) is 3. The molecule has 8 heteroatoms. The highest BCUT2D eigenvalue weighted by Gasteiger charge is 2.13. The summed E-state index contributed by atoms with van der Waals surface area (Å²) in [7, 11) is -1.45. The Labute approximate surface area is 147 Å².